The minimum atomic E-state index is 0.0777. The van der Waals surface area contributed by atoms with Gasteiger partial charge in [0.1, 0.15) is 5.75 Å². The van der Waals surface area contributed by atoms with Gasteiger partial charge < -0.3 is 14.2 Å². The monoisotopic (exact) mass is 369 g/mol. The first-order valence-corrected chi connectivity index (χ1v) is 9.42. The lowest BCUT2D eigenvalue weighted by Crippen LogP contribution is -2.27. The van der Waals surface area contributed by atoms with Gasteiger partial charge in [-0.05, 0) is 36.9 Å². The van der Waals surface area contributed by atoms with Crippen LogP contribution in [-0.2, 0) is 6.61 Å². The van der Waals surface area contributed by atoms with Crippen molar-refractivity contribution < 1.29 is 14.1 Å². The summed E-state index contributed by atoms with van der Waals surface area (Å²) in [6.45, 7) is 3.60. The summed E-state index contributed by atoms with van der Waals surface area (Å²) in [5, 5.41) is 6.00. The Morgan fingerprint density at radius 2 is 2.19 bits per heavy atom. The van der Waals surface area contributed by atoms with Gasteiger partial charge >= 0.3 is 0 Å². The lowest BCUT2D eigenvalue weighted by atomic mass is 10.1. The van der Waals surface area contributed by atoms with E-state index in [9.17, 15) is 4.79 Å². The number of rotatable bonds is 5. The number of carbonyl (C=O) groups is 1. The Morgan fingerprint density at radius 1 is 1.35 bits per heavy atom. The van der Waals surface area contributed by atoms with Crippen LogP contribution in [0, 0.1) is 6.92 Å². The van der Waals surface area contributed by atoms with Crippen molar-refractivity contribution in [3.63, 3.8) is 0 Å². The zero-order valence-corrected chi connectivity index (χ0v) is 15.2. The standard InChI is InChI=1S/C19H19N3O3S/c1-13-4-6-15(7-5-13)24-12-17-20-18(21-25-17)14-8-9-22(11-14)19(23)16-3-2-10-26-16/h2-7,10,14H,8-9,11-12H2,1H3. The van der Waals surface area contributed by atoms with E-state index in [2.05, 4.69) is 10.1 Å². The van der Waals surface area contributed by atoms with Gasteiger partial charge in [-0.15, -0.1) is 11.3 Å². The summed E-state index contributed by atoms with van der Waals surface area (Å²) in [6, 6.07) is 11.6. The first-order chi connectivity index (χ1) is 12.7. The van der Waals surface area contributed by atoms with Crippen LogP contribution in [0.2, 0.25) is 0 Å². The number of ether oxygens (including phenoxy) is 1. The van der Waals surface area contributed by atoms with Crippen LogP contribution in [0.3, 0.4) is 0 Å². The van der Waals surface area contributed by atoms with Crippen LogP contribution in [-0.4, -0.2) is 34.0 Å². The van der Waals surface area contributed by atoms with Gasteiger partial charge in [0.25, 0.3) is 11.8 Å². The molecule has 0 N–H and O–H groups in total. The molecule has 2 aromatic heterocycles. The molecule has 3 aromatic rings. The number of aromatic nitrogens is 2. The lowest BCUT2D eigenvalue weighted by Gasteiger charge is -2.14. The summed E-state index contributed by atoms with van der Waals surface area (Å²) < 4.78 is 11.0. The number of hydrogen-bond donors (Lipinski definition) is 0. The molecule has 7 heteroatoms. The van der Waals surface area contributed by atoms with Crippen molar-refractivity contribution in [3.05, 3.63) is 63.9 Å². The maximum Gasteiger partial charge on any atom is 0.264 e. The lowest BCUT2D eigenvalue weighted by molar-refractivity contribution is 0.0795. The molecule has 0 saturated carbocycles. The zero-order valence-electron chi connectivity index (χ0n) is 14.4. The summed E-state index contributed by atoms with van der Waals surface area (Å²) in [5.41, 5.74) is 1.18. The maximum atomic E-state index is 12.4. The highest BCUT2D eigenvalue weighted by molar-refractivity contribution is 7.12. The van der Waals surface area contributed by atoms with E-state index in [-0.39, 0.29) is 18.4 Å². The van der Waals surface area contributed by atoms with Crippen LogP contribution in [0.15, 0.2) is 46.3 Å². The van der Waals surface area contributed by atoms with Gasteiger partial charge in [-0.3, -0.25) is 4.79 Å². The molecule has 134 valence electrons. The first-order valence-electron chi connectivity index (χ1n) is 8.54. The molecule has 0 aliphatic carbocycles. The van der Waals surface area contributed by atoms with E-state index in [1.165, 1.54) is 16.9 Å². The Bertz CT molecular complexity index is 874. The molecular weight excluding hydrogens is 350 g/mol. The number of thiophene rings is 1. The van der Waals surface area contributed by atoms with Crippen LogP contribution in [0.1, 0.15) is 39.3 Å². The zero-order chi connectivity index (χ0) is 17.9. The number of amides is 1. The SMILES string of the molecule is Cc1ccc(OCc2nc(C3CCN(C(=O)c4cccs4)C3)no2)cc1. The van der Waals surface area contributed by atoms with Crippen LogP contribution in [0.25, 0.3) is 0 Å². The van der Waals surface area contributed by atoms with Crippen molar-refractivity contribution in [2.45, 2.75) is 25.9 Å². The average Bonchev–Trinajstić information content (AvgIpc) is 3.41. The van der Waals surface area contributed by atoms with E-state index < -0.39 is 0 Å². The van der Waals surface area contributed by atoms with Crippen LogP contribution in [0.4, 0.5) is 0 Å². The van der Waals surface area contributed by atoms with Crippen molar-refractivity contribution in [2.24, 2.45) is 0 Å². The van der Waals surface area contributed by atoms with Gasteiger partial charge in [0.2, 0.25) is 0 Å². The Hall–Kier alpha value is -2.67. The molecule has 1 aliphatic rings. The molecule has 1 atom stereocenters. The second-order valence-electron chi connectivity index (χ2n) is 6.36. The Labute approximate surface area is 155 Å². The second-order valence-corrected chi connectivity index (χ2v) is 7.31. The highest BCUT2D eigenvalue weighted by Crippen LogP contribution is 2.27. The summed E-state index contributed by atoms with van der Waals surface area (Å²) in [6.07, 6.45) is 0.842. The number of aryl methyl sites for hydroxylation is 1. The minimum Gasteiger partial charge on any atom is -0.484 e. The molecule has 6 nitrogen and oxygen atoms in total. The Morgan fingerprint density at radius 3 is 2.96 bits per heavy atom. The third-order valence-corrected chi connectivity index (χ3v) is 5.30. The summed E-state index contributed by atoms with van der Waals surface area (Å²) in [7, 11) is 0. The normalized spacial score (nSPS) is 16.8. The van der Waals surface area contributed by atoms with E-state index in [1.54, 1.807) is 0 Å². The third-order valence-electron chi connectivity index (χ3n) is 4.44. The largest absolute Gasteiger partial charge is 0.484 e. The van der Waals surface area contributed by atoms with Crippen molar-refractivity contribution in [2.75, 3.05) is 13.1 Å². The van der Waals surface area contributed by atoms with Crippen molar-refractivity contribution in [1.82, 2.24) is 15.0 Å². The molecule has 26 heavy (non-hydrogen) atoms. The predicted molar refractivity (Wildman–Crippen MR) is 97.4 cm³/mol. The van der Waals surface area contributed by atoms with Gasteiger partial charge in [-0.1, -0.05) is 28.9 Å². The van der Waals surface area contributed by atoms with Gasteiger partial charge in [-0.25, -0.2) is 0 Å². The summed E-state index contributed by atoms with van der Waals surface area (Å²) >= 11 is 1.47. The highest BCUT2D eigenvalue weighted by Gasteiger charge is 2.31. The second kappa shape index (κ2) is 7.29. The van der Waals surface area contributed by atoms with Crippen LogP contribution >= 0.6 is 11.3 Å². The molecule has 0 radical (unpaired) electrons. The van der Waals surface area contributed by atoms with Crippen LogP contribution in [0.5, 0.6) is 5.75 Å². The molecule has 1 unspecified atom stereocenters. The number of likely N-dealkylation sites (tertiary alicyclic amines) is 1. The highest BCUT2D eigenvalue weighted by atomic mass is 32.1. The quantitative estimate of drug-likeness (QED) is 0.687. The van der Waals surface area contributed by atoms with Gasteiger partial charge in [0.05, 0.1) is 4.88 Å². The topological polar surface area (TPSA) is 68.5 Å². The fraction of sp³-hybridized carbons (Fsp3) is 0.316. The van der Waals surface area contributed by atoms with Crippen molar-refractivity contribution in [3.8, 4) is 5.75 Å². The number of carbonyl (C=O) groups excluding carboxylic acids is 1. The fourth-order valence-corrected chi connectivity index (χ4v) is 3.67. The number of hydrogen-bond acceptors (Lipinski definition) is 6. The Kier molecular flexibility index (Phi) is 4.71. The van der Waals surface area contributed by atoms with E-state index >= 15 is 0 Å². The van der Waals surface area contributed by atoms with Gasteiger partial charge in [-0.2, -0.15) is 4.98 Å². The van der Waals surface area contributed by atoms with Gasteiger partial charge in [0.15, 0.2) is 12.4 Å². The summed E-state index contributed by atoms with van der Waals surface area (Å²) in [4.78, 5) is 19.5. The maximum absolute atomic E-state index is 12.4. The van der Waals surface area contributed by atoms with Crippen LogP contribution < -0.4 is 4.74 Å². The fourth-order valence-electron chi connectivity index (χ4n) is 2.98. The number of nitrogens with zero attached hydrogens (tertiary/aromatic N) is 3. The smallest absolute Gasteiger partial charge is 0.264 e. The molecule has 1 aliphatic heterocycles. The summed E-state index contributed by atoms with van der Waals surface area (Å²) in [5.74, 6) is 2.05. The molecule has 1 amide bonds. The molecule has 0 spiro atoms. The molecule has 4 rings (SSSR count). The molecule has 1 aromatic carbocycles. The molecule has 1 fully saturated rings. The first kappa shape index (κ1) is 16.8. The minimum absolute atomic E-state index is 0.0777. The molecule has 3 heterocycles. The van der Waals surface area contributed by atoms with Crippen molar-refractivity contribution >= 4 is 17.2 Å². The van der Waals surface area contributed by atoms with E-state index in [0.717, 1.165) is 17.0 Å². The van der Waals surface area contributed by atoms with E-state index in [1.807, 2.05) is 53.6 Å². The molecular formula is C19H19N3O3S. The average molecular weight is 369 g/mol. The Balaban J connectivity index is 1.34. The molecule has 1 saturated heterocycles. The van der Waals surface area contributed by atoms with Crippen molar-refractivity contribution in [1.29, 1.82) is 0 Å². The third kappa shape index (κ3) is 3.62. The van der Waals surface area contributed by atoms with E-state index in [0.29, 0.717) is 24.8 Å². The predicted octanol–water partition coefficient (Wildman–Crippen LogP) is 3.65. The number of benzene rings is 1. The van der Waals surface area contributed by atoms with E-state index in [4.69, 9.17) is 9.26 Å². The van der Waals surface area contributed by atoms with Gasteiger partial charge in [0, 0.05) is 19.0 Å². The molecule has 0 bridgehead atoms.